The van der Waals surface area contributed by atoms with E-state index in [1.807, 2.05) is 18.2 Å². The first-order chi connectivity index (χ1) is 19.1. The number of halogens is 1. The maximum absolute atomic E-state index is 13.1. The van der Waals surface area contributed by atoms with Crippen molar-refractivity contribution < 1.29 is 17.9 Å². The van der Waals surface area contributed by atoms with E-state index < -0.39 is 21.2 Å². The third kappa shape index (κ3) is 5.91. The van der Waals surface area contributed by atoms with Crippen molar-refractivity contribution in [2.75, 3.05) is 24.6 Å². The molecule has 5 rings (SSSR count). The van der Waals surface area contributed by atoms with Crippen molar-refractivity contribution in [2.24, 2.45) is 11.8 Å². The molecule has 1 aliphatic heterocycles. The molecule has 1 N–H and O–H groups in total. The van der Waals surface area contributed by atoms with Crippen LogP contribution in [0.15, 0.2) is 48.6 Å². The molecule has 0 bridgehead atoms. The van der Waals surface area contributed by atoms with Crippen molar-refractivity contribution in [1.82, 2.24) is 4.72 Å². The van der Waals surface area contributed by atoms with E-state index in [1.165, 1.54) is 24.0 Å². The number of amides is 1. The summed E-state index contributed by atoms with van der Waals surface area (Å²) >= 11 is 6.39. The Balaban J connectivity index is 1.50. The molecule has 3 unspecified atom stereocenters. The molecule has 8 heteroatoms. The number of ether oxygens (including phenoxy) is 1. The van der Waals surface area contributed by atoms with Crippen LogP contribution in [0.2, 0.25) is 5.02 Å². The van der Waals surface area contributed by atoms with Crippen LogP contribution in [0.1, 0.15) is 80.8 Å². The molecule has 0 aromatic heterocycles. The zero-order chi connectivity index (χ0) is 28.5. The Morgan fingerprint density at radius 3 is 2.70 bits per heavy atom. The predicted octanol–water partition coefficient (Wildman–Crippen LogP) is 6.66. The van der Waals surface area contributed by atoms with Gasteiger partial charge in [0.25, 0.3) is 5.91 Å². The van der Waals surface area contributed by atoms with Gasteiger partial charge in [0.15, 0.2) is 0 Å². The number of carbonyl (C=O) groups excluding carboxylic acids is 1. The molecular formula is C32H41ClN2O4S. The second-order valence-corrected chi connectivity index (χ2v) is 14.7. The normalized spacial score (nSPS) is 24.3. The van der Waals surface area contributed by atoms with Crippen molar-refractivity contribution in [1.29, 1.82) is 0 Å². The van der Waals surface area contributed by atoms with Gasteiger partial charge in [0.2, 0.25) is 10.0 Å². The lowest BCUT2D eigenvalue weighted by Crippen LogP contribution is -2.48. The molecule has 0 radical (unpaired) electrons. The first-order valence-electron chi connectivity index (χ1n) is 14.6. The molecule has 2 aliphatic carbocycles. The number of fused-ring (bicyclic) bond motifs is 3. The number of nitrogens with zero attached hydrogens (tertiary/aromatic N) is 1. The number of hydrogen-bond donors (Lipinski definition) is 1. The molecule has 1 heterocycles. The number of nitrogens with one attached hydrogen (secondary N) is 1. The van der Waals surface area contributed by atoms with Gasteiger partial charge in [-0.3, -0.25) is 4.79 Å². The lowest BCUT2D eigenvalue weighted by atomic mass is 9.69. The topological polar surface area (TPSA) is 75.7 Å². The smallest absolute Gasteiger partial charge is 0.264 e. The second-order valence-electron chi connectivity index (χ2n) is 12.0. The molecule has 2 aromatic carbocycles. The van der Waals surface area contributed by atoms with Crippen molar-refractivity contribution in [3.05, 3.63) is 70.3 Å². The van der Waals surface area contributed by atoms with E-state index >= 15 is 0 Å². The standard InChI is InChI=1S/C32H41ClN2O4S/c1-4-5-6-8-23-10-11-26(23)19-35-20-32(16-7-9-24-17-27(33)13-14-28(24)32)21-39-30-15-12-25(18-29(30)35)31(36)34-40(37,38)22(2)3/h5-6,12-15,17-18,22-23,26H,4,7-11,16,19-21H2,1-3H3,(H,34,36)/b6-5-. The molecule has 1 amide bonds. The van der Waals surface area contributed by atoms with Crippen LogP contribution in [0.3, 0.4) is 0 Å². The molecule has 3 atom stereocenters. The Morgan fingerprint density at radius 2 is 1.98 bits per heavy atom. The molecule has 1 fully saturated rings. The highest BCUT2D eigenvalue weighted by molar-refractivity contribution is 7.90. The number of aryl methyl sites for hydroxylation is 1. The van der Waals surface area contributed by atoms with Crippen LogP contribution in [0.25, 0.3) is 0 Å². The minimum absolute atomic E-state index is 0.193. The number of benzene rings is 2. The lowest BCUT2D eigenvalue weighted by molar-refractivity contribution is 0.0981. The first kappa shape index (κ1) is 29.0. The lowest BCUT2D eigenvalue weighted by Gasteiger charge is -2.44. The third-order valence-electron chi connectivity index (χ3n) is 9.03. The quantitative estimate of drug-likeness (QED) is 0.351. The van der Waals surface area contributed by atoms with Crippen molar-refractivity contribution in [2.45, 2.75) is 76.4 Å². The molecule has 0 saturated heterocycles. The van der Waals surface area contributed by atoms with E-state index in [-0.39, 0.29) is 5.41 Å². The van der Waals surface area contributed by atoms with E-state index in [2.05, 4.69) is 40.8 Å². The maximum Gasteiger partial charge on any atom is 0.264 e. The first-order valence-corrected chi connectivity index (χ1v) is 16.6. The number of anilines is 1. The average Bonchev–Trinajstić information content (AvgIpc) is 3.05. The Kier molecular flexibility index (Phi) is 8.53. The summed E-state index contributed by atoms with van der Waals surface area (Å²) in [4.78, 5) is 15.5. The molecule has 1 saturated carbocycles. The number of rotatable bonds is 8. The van der Waals surface area contributed by atoms with E-state index in [0.29, 0.717) is 24.0 Å². The van der Waals surface area contributed by atoms with E-state index in [1.54, 1.807) is 19.9 Å². The number of allylic oxidation sites excluding steroid dienone is 2. The molecule has 2 aromatic rings. The Hall–Kier alpha value is -2.51. The monoisotopic (exact) mass is 584 g/mol. The average molecular weight is 585 g/mol. The fourth-order valence-corrected chi connectivity index (χ4v) is 7.28. The van der Waals surface area contributed by atoms with Crippen molar-refractivity contribution in [3.8, 4) is 5.75 Å². The summed E-state index contributed by atoms with van der Waals surface area (Å²) in [6.45, 7) is 7.48. The zero-order valence-electron chi connectivity index (χ0n) is 23.8. The van der Waals surface area contributed by atoms with E-state index in [9.17, 15) is 13.2 Å². The van der Waals surface area contributed by atoms with Gasteiger partial charge in [-0.15, -0.1) is 0 Å². The SMILES string of the molecule is CC/C=C\CC1CCC1CN1CC2(CCCc3cc(Cl)ccc32)COc2ccc(C(=O)NS(=O)(=O)C(C)C)cc21. The van der Waals surface area contributed by atoms with Crippen LogP contribution in [0, 0.1) is 11.8 Å². The minimum Gasteiger partial charge on any atom is -0.490 e. The van der Waals surface area contributed by atoms with Crippen LogP contribution < -0.4 is 14.4 Å². The van der Waals surface area contributed by atoms with Crippen LogP contribution in [-0.4, -0.2) is 39.3 Å². The van der Waals surface area contributed by atoms with Gasteiger partial charge in [-0.05, 0) is 112 Å². The number of sulfonamides is 1. The van der Waals surface area contributed by atoms with Gasteiger partial charge in [0, 0.05) is 29.1 Å². The summed E-state index contributed by atoms with van der Waals surface area (Å²) < 4.78 is 33.6. The van der Waals surface area contributed by atoms with Gasteiger partial charge in [-0.1, -0.05) is 36.7 Å². The van der Waals surface area contributed by atoms with Crippen LogP contribution in [0.5, 0.6) is 5.75 Å². The second kappa shape index (κ2) is 11.8. The Labute approximate surface area is 244 Å². The summed E-state index contributed by atoms with van der Waals surface area (Å²) in [5.41, 5.74) is 3.58. The van der Waals surface area contributed by atoms with Gasteiger partial charge >= 0.3 is 0 Å². The zero-order valence-corrected chi connectivity index (χ0v) is 25.4. The summed E-state index contributed by atoms with van der Waals surface area (Å²) in [5.74, 6) is 1.32. The van der Waals surface area contributed by atoms with E-state index in [4.69, 9.17) is 16.3 Å². The molecule has 6 nitrogen and oxygen atoms in total. The minimum atomic E-state index is -3.74. The van der Waals surface area contributed by atoms with Gasteiger partial charge in [-0.2, -0.15) is 0 Å². The summed E-state index contributed by atoms with van der Waals surface area (Å²) in [7, 11) is -3.74. The number of hydrogen-bond acceptors (Lipinski definition) is 5. The largest absolute Gasteiger partial charge is 0.490 e. The summed E-state index contributed by atoms with van der Waals surface area (Å²) in [6, 6.07) is 11.6. The van der Waals surface area contributed by atoms with Gasteiger partial charge in [0.1, 0.15) is 5.75 Å². The Morgan fingerprint density at radius 1 is 1.18 bits per heavy atom. The molecule has 1 spiro atoms. The molecular weight excluding hydrogens is 544 g/mol. The van der Waals surface area contributed by atoms with Crippen molar-refractivity contribution in [3.63, 3.8) is 0 Å². The summed E-state index contributed by atoms with van der Waals surface area (Å²) in [6.07, 6.45) is 12.2. The van der Waals surface area contributed by atoms with Crippen LogP contribution in [0.4, 0.5) is 5.69 Å². The highest BCUT2D eigenvalue weighted by atomic mass is 35.5. The fourth-order valence-electron chi connectivity index (χ4n) is 6.47. The maximum atomic E-state index is 13.1. The molecule has 40 heavy (non-hydrogen) atoms. The number of carbonyl (C=O) groups is 1. The van der Waals surface area contributed by atoms with Crippen LogP contribution in [-0.2, 0) is 21.9 Å². The summed E-state index contributed by atoms with van der Waals surface area (Å²) in [5, 5.41) is 0.0593. The fraction of sp³-hybridized carbons (Fsp3) is 0.531. The highest BCUT2D eigenvalue weighted by Gasteiger charge is 2.43. The van der Waals surface area contributed by atoms with Gasteiger partial charge in [0.05, 0.1) is 17.5 Å². The highest BCUT2D eigenvalue weighted by Crippen LogP contribution is 2.46. The van der Waals surface area contributed by atoms with Gasteiger partial charge < -0.3 is 9.64 Å². The van der Waals surface area contributed by atoms with E-state index in [0.717, 1.165) is 61.7 Å². The molecule has 3 aliphatic rings. The molecule has 216 valence electrons. The Bertz CT molecular complexity index is 1390. The van der Waals surface area contributed by atoms with Crippen molar-refractivity contribution >= 4 is 33.2 Å². The third-order valence-corrected chi connectivity index (χ3v) is 11.0. The van der Waals surface area contributed by atoms with Crippen LogP contribution >= 0.6 is 11.6 Å². The van der Waals surface area contributed by atoms with Gasteiger partial charge in [-0.25, -0.2) is 13.1 Å². The predicted molar refractivity (Wildman–Crippen MR) is 162 cm³/mol.